The maximum Gasteiger partial charge on any atom is 0.332 e. The summed E-state index contributed by atoms with van der Waals surface area (Å²) in [5, 5.41) is 22.3. The number of hydrogen-bond acceptors (Lipinski definition) is 9. The SMILES string of the molecule is Cc1c(N2C(=O)N(Cc3ccccn3)C3(CCCC3)C2=O)ccc(C#N)c1Cl.N#CC1(NCc2ccccn2)CCCC1.[C-]#[N+]c1ccc(N=C=O)c(Cl)c1C. The Morgan fingerprint density at radius 3 is 2.09 bits per heavy atom. The Balaban J connectivity index is 0.000000180. The number of amides is 3. The van der Waals surface area contributed by atoms with Crippen molar-refractivity contribution in [3.63, 3.8) is 0 Å². The number of rotatable bonds is 7. The van der Waals surface area contributed by atoms with Crippen molar-refractivity contribution in [1.82, 2.24) is 20.2 Å². The lowest BCUT2D eigenvalue weighted by Gasteiger charge is -2.30. The van der Waals surface area contributed by atoms with Gasteiger partial charge in [-0.3, -0.25) is 20.1 Å². The highest BCUT2D eigenvalue weighted by atomic mass is 35.5. The normalized spacial score (nSPS) is 16.1. The third-order valence-corrected chi connectivity index (χ3v) is 11.3. The van der Waals surface area contributed by atoms with E-state index >= 15 is 0 Å². The summed E-state index contributed by atoms with van der Waals surface area (Å²) in [6.45, 7) is 11.2. The molecule has 0 atom stereocenters. The first-order valence-electron chi connectivity index (χ1n) is 18.1. The fourth-order valence-electron chi connectivity index (χ4n) is 7.23. The summed E-state index contributed by atoms with van der Waals surface area (Å²) in [5.74, 6) is -0.213. The highest BCUT2D eigenvalue weighted by Crippen LogP contribution is 2.45. The van der Waals surface area contributed by atoms with Crippen LogP contribution >= 0.6 is 23.2 Å². The standard InChI is InChI=1S/C21H19ClN4O2.C12H15N3.C9H5ClN2O/c1-14-17(8-7-15(12-23)18(14)22)26-19(27)21(9-3-4-10-21)25(20(26)28)13-16-6-2-5-11-24-16;13-10-12(6-2-3-7-12)15-9-11-5-1-4-8-14-11;1-6-7(11-2)3-4-8(9(6)10)12-5-13/h2,5-8,11H,3-4,9-10,13H2,1H3;1,4-5,8,15H,2-3,6-7,9H2;3-4H,1H3. The minimum atomic E-state index is -0.832. The van der Waals surface area contributed by atoms with E-state index in [4.69, 9.17) is 35.0 Å². The maximum absolute atomic E-state index is 13.5. The molecule has 1 saturated heterocycles. The highest BCUT2D eigenvalue weighted by Gasteiger charge is 2.58. The van der Waals surface area contributed by atoms with Crippen molar-refractivity contribution in [1.29, 1.82) is 10.5 Å². The zero-order valence-electron chi connectivity index (χ0n) is 31.1. The largest absolute Gasteiger partial charge is 0.332 e. The first-order valence-corrected chi connectivity index (χ1v) is 18.9. The summed E-state index contributed by atoms with van der Waals surface area (Å²) in [6, 6.07) is 21.7. The molecule has 3 fully saturated rings. The van der Waals surface area contributed by atoms with Crippen molar-refractivity contribution in [2.24, 2.45) is 4.99 Å². The van der Waals surface area contributed by atoms with Gasteiger partial charge in [-0.2, -0.15) is 15.5 Å². The molecule has 4 aromatic rings. The molecule has 2 aliphatic carbocycles. The minimum Gasteiger partial charge on any atom is -0.303 e. The Kier molecular flexibility index (Phi) is 13.7. The summed E-state index contributed by atoms with van der Waals surface area (Å²) in [6.07, 6.45) is 12.2. The molecule has 56 heavy (non-hydrogen) atoms. The number of carbonyl (C=O) groups excluding carboxylic acids is 3. The first-order chi connectivity index (χ1) is 27.0. The summed E-state index contributed by atoms with van der Waals surface area (Å²) in [7, 11) is 0. The molecular weight excluding hydrogens is 749 g/mol. The maximum atomic E-state index is 13.5. The van der Waals surface area contributed by atoms with Crippen molar-refractivity contribution < 1.29 is 14.4 Å². The lowest BCUT2D eigenvalue weighted by Crippen LogP contribution is -2.47. The van der Waals surface area contributed by atoms with Gasteiger partial charge in [-0.05, 0) is 93.1 Å². The molecule has 2 aromatic heterocycles. The van der Waals surface area contributed by atoms with Crippen molar-refractivity contribution in [3.05, 3.63) is 123 Å². The number of carbonyl (C=O) groups is 2. The van der Waals surface area contributed by atoms with Crippen LogP contribution in [0.25, 0.3) is 4.85 Å². The number of anilines is 1. The summed E-state index contributed by atoms with van der Waals surface area (Å²) < 4.78 is 0. The van der Waals surface area contributed by atoms with E-state index in [0.717, 1.165) is 49.9 Å². The van der Waals surface area contributed by atoms with Crippen LogP contribution in [0.3, 0.4) is 0 Å². The average Bonchev–Trinajstić information content (AvgIpc) is 3.96. The van der Waals surface area contributed by atoms with E-state index in [0.29, 0.717) is 58.2 Å². The zero-order valence-corrected chi connectivity index (χ0v) is 32.6. The topological polar surface area (TPSA) is 160 Å². The number of aliphatic imine (C=N–C) groups is 1. The van der Waals surface area contributed by atoms with Crippen molar-refractivity contribution in [2.75, 3.05) is 4.90 Å². The number of halogens is 2. The smallest absolute Gasteiger partial charge is 0.303 e. The second-order valence-corrected chi connectivity index (χ2v) is 14.4. The van der Waals surface area contributed by atoms with Crippen molar-refractivity contribution in [2.45, 2.75) is 89.4 Å². The van der Waals surface area contributed by atoms with Gasteiger partial charge in [0, 0.05) is 18.9 Å². The van der Waals surface area contributed by atoms with Gasteiger partial charge >= 0.3 is 6.03 Å². The predicted molar refractivity (Wildman–Crippen MR) is 213 cm³/mol. The van der Waals surface area contributed by atoms with E-state index in [2.05, 4.69) is 31.2 Å². The highest BCUT2D eigenvalue weighted by molar-refractivity contribution is 6.34. The number of benzene rings is 2. The van der Waals surface area contributed by atoms with E-state index in [1.807, 2.05) is 42.5 Å². The Bertz CT molecular complexity index is 2250. The Morgan fingerprint density at radius 2 is 1.52 bits per heavy atom. The van der Waals surface area contributed by atoms with Crippen LogP contribution in [0.15, 0.2) is 78.0 Å². The predicted octanol–water partition coefficient (Wildman–Crippen LogP) is 9.37. The molecule has 3 aliphatic rings. The molecule has 1 N–H and O–H groups in total. The number of pyridine rings is 2. The molecule has 0 radical (unpaired) electrons. The van der Waals surface area contributed by atoms with Crippen LogP contribution in [-0.2, 0) is 22.7 Å². The van der Waals surface area contributed by atoms with Crippen molar-refractivity contribution >= 4 is 58.3 Å². The summed E-state index contributed by atoms with van der Waals surface area (Å²) in [5.41, 5.74) is 3.38. The molecule has 2 saturated carbocycles. The molecule has 1 aliphatic heterocycles. The fraction of sp³-hybridized carbons (Fsp3) is 0.333. The number of imide groups is 1. The Morgan fingerprint density at radius 1 is 0.875 bits per heavy atom. The third kappa shape index (κ3) is 8.79. The monoisotopic (exact) mass is 787 g/mol. The molecule has 0 bridgehead atoms. The second-order valence-electron chi connectivity index (χ2n) is 13.7. The average molecular weight is 789 g/mol. The molecule has 12 nitrogen and oxygen atoms in total. The van der Waals surface area contributed by atoms with E-state index in [9.17, 15) is 19.6 Å². The van der Waals surface area contributed by atoms with Gasteiger partial charge in [-0.1, -0.05) is 67.1 Å². The van der Waals surface area contributed by atoms with Crippen LogP contribution in [0.1, 0.15) is 79.4 Å². The first kappa shape index (κ1) is 41.2. The molecule has 3 amide bonds. The number of hydrogen-bond donors (Lipinski definition) is 1. The molecule has 284 valence electrons. The minimum absolute atomic E-state index is 0.213. The molecule has 2 aromatic carbocycles. The number of aromatic nitrogens is 2. The Hall–Kier alpha value is -5.93. The van der Waals surface area contributed by atoms with Gasteiger partial charge in [0.2, 0.25) is 6.08 Å². The lowest BCUT2D eigenvalue weighted by atomic mass is 9.95. The van der Waals surface area contributed by atoms with E-state index < -0.39 is 5.54 Å². The number of nitrogens with one attached hydrogen (secondary N) is 1. The number of nitriles is 2. The van der Waals surface area contributed by atoms with Gasteiger partial charge < -0.3 is 4.90 Å². The lowest BCUT2D eigenvalue weighted by molar-refractivity contribution is -0.124. The third-order valence-electron chi connectivity index (χ3n) is 10.4. The van der Waals surface area contributed by atoms with Gasteiger partial charge in [0.25, 0.3) is 5.91 Å². The van der Waals surface area contributed by atoms with Crippen LogP contribution < -0.4 is 10.2 Å². The van der Waals surface area contributed by atoms with E-state index in [1.54, 1.807) is 49.3 Å². The van der Waals surface area contributed by atoms with Gasteiger partial charge in [0.15, 0.2) is 5.69 Å². The summed E-state index contributed by atoms with van der Waals surface area (Å²) in [4.78, 5) is 55.0. The molecule has 14 heteroatoms. The molecule has 0 unspecified atom stereocenters. The van der Waals surface area contributed by atoms with Crippen LogP contribution in [-0.4, -0.2) is 44.0 Å². The zero-order chi connectivity index (χ0) is 40.3. The molecule has 3 heterocycles. The van der Waals surface area contributed by atoms with E-state index in [-0.39, 0.29) is 29.0 Å². The van der Waals surface area contributed by atoms with Gasteiger partial charge in [0.05, 0.1) is 57.6 Å². The molecule has 1 spiro atoms. The quantitative estimate of drug-likeness (QED) is 0.0839. The fourth-order valence-corrected chi connectivity index (χ4v) is 7.64. The van der Waals surface area contributed by atoms with E-state index in [1.165, 1.54) is 17.0 Å². The van der Waals surface area contributed by atoms with Gasteiger partial charge in [-0.25, -0.2) is 19.3 Å². The van der Waals surface area contributed by atoms with Crippen molar-refractivity contribution in [3.8, 4) is 12.1 Å². The van der Waals surface area contributed by atoms with Crippen LogP contribution in [0, 0.1) is 43.1 Å². The van der Waals surface area contributed by atoms with Crippen LogP contribution in [0.5, 0.6) is 0 Å². The number of nitrogens with zero attached hydrogens (tertiary/aromatic N) is 8. The second kappa shape index (κ2) is 18.6. The molecule has 7 rings (SSSR count). The Labute approximate surface area is 336 Å². The van der Waals surface area contributed by atoms with Crippen LogP contribution in [0.2, 0.25) is 10.0 Å². The molecular formula is C42H39Cl2N9O3. The summed E-state index contributed by atoms with van der Waals surface area (Å²) >= 11 is 12.1. The van der Waals surface area contributed by atoms with Crippen LogP contribution in [0.4, 0.5) is 21.9 Å². The van der Waals surface area contributed by atoms with Gasteiger partial charge in [-0.15, -0.1) is 0 Å². The number of urea groups is 1. The number of isocyanates is 1. The van der Waals surface area contributed by atoms with Gasteiger partial charge in [0.1, 0.15) is 17.1 Å².